The van der Waals surface area contributed by atoms with Crippen molar-refractivity contribution in [3.63, 3.8) is 0 Å². The number of benzene rings is 1. The Kier molecular flexibility index (Phi) is 5.60. The molecule has 0 aromatic heterocycles. The lowest BCUT2D eigenvalue weighted by atomic mass is 9.81. The van der Waals surface area contributed by atoms with Gasteiger partial charge in [0.1, 0.15) is 5.82 Å². The first-order chi connectivity index (χ1) is 8.02. The predicted molar refractivity (Wildman–Crippen MR) is 74.7 cm³/mol. The zero-order valence-corrected chi connectivity index (χ0v) is 12.4. The van der Waals surface area contributed by atoms with Gasteiger partial charge in [0, 0.05) is 6.54 Å². The van der Waals surface area contributed by atoms with Crippen molar-refractivity contribution in [2.75, 3.05) is 13.1 Å². The van der Waals surface area contributed by atoms with Crippen molar-refractivity contribution < 1.29 is 4.39 Å². The maximum atomic E-state index is 13.4. The van der Waals surface area contributed by atoms with Crippen LogP contribution in [0.4, 0.5) is 4.39 Å². The Balaban J connectivity index is 2.83. The molecule has 1 unspecified atom stereocenters. The molecule has 1 aromatic rings. The van der Waals surface area contributed by atoms with E-state index in [9.17, 15) is 4.39 Å². The smallest absolute Gasteiger partial charge is 0.137 e. The van der Waals surface area contributed by atoms with E-state index >= 15 is 0 Å². The van der Waals surface area contributed by atoms with Gasteiger partial charge in [-0.1, -0.05) is 32.9 Å². The van der Waals surface area contributed by atoms with Crippen LogP contribution in [0.15, 0.2) is 22.7 Å². The highest BCUT2D eigenvalue weighted by Gasteiger charge is 2.23. The summed E-state index contributed by atoms with van der Waals surface area (Å²) in [7, 11) is 0. The van der Waals surface area contributed by atoms with E-state index in [1.54, 1.807) is 6.07 Å². The Morgan fingerprint density at radius 3 is 2.65 bits per heavy atom. The molecule has 1 rings (SSSR count). The van der Waals surface area contributed by atoms with Gasteiger partial charge in [0.05, 0.1) is 4.47 Å². The first-order valence-corrected chi connectivity index (χ1v) is 6.95. The Hall–Kier alpha value is -0.410. The lowest BCUT2D eigenvalue weighted by Gasteiger charge is -2.29. The molecule has 0 radical (unpaired) electrons. The van der Waals surface area contributed by atoms with Crippen molar-refractivity contribution in [1.29, 1.82) is 0 Å². The number of hydrogen-bond acceptors (Lipinski definition) is 1. The maximum absolute atomic E-state index is 13.4. The molecule has 1 aromatic carbocycles. The minimum Gasteiger partial charge on any atom is -0.316 e. The van der Waals surface area contributed by atoms with Crippen molar-refractivity contribution in [3.05, 3.63) is 34.1 Å². The van der Waals surface area contributed by atoms with Crippen LogP contribution in [0.2, 0.25) is 0 Å². The topological polar surface area (TPSA) is 12.0 Å². The van der Waals surface area contributed by atoms with E-state index in [-0.39, 0.29) is 11.2 Å². The van der Waals surface area contributed by atoms with E-state index < -0.39 is 0 Å². The van der Waals surface area contributed by atoms with Crippen LogP contribution in [0.3, 0.4) is 0 Å². The van der Waals surface area contributed by atoms with Crippen molar-refractivity contribution in [1.82, 2.24) is 5.32 Å². The average Bonchev–Trinajstić information content (AvgIpc) is 2.33. The molecule has 17 heavy (non-hydrogen) atoms. The van der Waals surface area contributed by atoms with E-state index in [0.717, 1.165) is 31.5 Å². The predicted octanol–water partition coefficient (Wildman–Crippen LogP) is 4.16. The molecular formula is C14H21BrFN. The molecule has 0 fully saturated rings. The molecule has 0 amide bonds. The van der Waals surface area contributed by atoms with Crippen LogP contribution in [0.25, 0.3) is 0 Å². The molecule has 0 saturated heterocycles. The van der Waals surface area contributed by atoms with Crippen LogP contribution in [-0.2, 0) is 6.42 Å². The van der Waals surface area contributed by atoms with Crippen molar-refractivity contribution in [3.8, 4) is 0 Å². The zero-order valence-electron chi connectivity index (χ0n) is 10.8. The minimum absolute atomic E-state index is 0.173. The van der Waals surface area contributed by atoms with E-state index in [1.165, 1.54) is 6.07 Å². The highest BCUT2D eigenvalue weighted by molar-refractivity contribution is 9.10. The van der Waals surface area contributed by atoms with Gasteiger partial charge in [-0.3, -0.25) is 0 Å². The Bertz CT molecular complexity index is 367. The third-order valence-electron chi connectivity index (χ3n) is 3.30. The first-order valence-electron chi connectivity index (χ1n) is 6.16. The second-order valence-electron chi connectivity index (χ2n) is 4.83. The van der Waals surface area contributed by atoms with Crippen LogP contribution in [0, 0.1) is 11.2 Å². The van der Waals surface area contributed by atoms with Crippen molar-refractivity contribution in [2.45, 2.75) is 33.6 Å². The summed E-state index contributed by atoms with van der Waals surface area (Å²) in [6.07, 6.45) is 1.96. The fraction of sp³-hybridized carbons (Fsp3) is 0.571. The number of halogens is 2. The third kappa shape index (κ3) is 4.07. The van der Waals surface area contributed by atoms with Gasteiger partial charge in [-0.2, -0.15) is 0 Å². The van der Waals surface area contributed by atoms with E-state index in [4.69, 9.17) is 0 Å². The average molecular weight is 302 g/mol. The summed E-state index contributed by atoms with van der Waals surface area (Å²) in [4.78, 5) is 0. The van der Waals surface area contributed by atoms with E-state index in [1.807, 2.05) is 6.07 Å². The van der Waals surface area contributed by atoms with E-state index in [0.29, 0.717) is 4.47 Å². The molecule has 0 aliphatic heterocycles. The number of hydrogen-bond donors (Lipinski definition) is 1. The van der Waals surface area contributed by atoms with Crippen LogP contribution >= 0.6 is 15.9 Å². The standard InChI is InChI=1S/C14H21BrFN/c1-4-14(3,10-17-5-2)9-11-7-6-8-12(16)13(11)15/h6-8,17H,4-5,9-10H2,1-3H3. The molecule has 1 N–H and O–H groups in total. The highest BCUT2D eigenvalue weighted by atomic mass is 79.9. The molecule has 0 spiro atoms. The summed E-state index contributed by atoms with van der Waals surface area (Å²) in [5.74, 6) is -0.176. The summed E-state index contributed by atoms with van der Waals surface area (Å²) < 4.78 is 14.1. The Morgan fingerprint density at radius 2 is 2.06 bits per heavy atom. The SMILES string of the molecule is CCNCC(C)(CC)Cc1cccc(F)c1Br. The van der Waals surface area contributed by atoms with Crippen molar-refractivity contribution >= 4 is 15.9 Å². The lowest BCUT2D eigenvalue weighted by molar-refractivity contribution is 0.292. The molecule has 96 valence electrons. The fourth-order valence-electron chi connectivity index (χ4n) is 1.88. The summed E-state index contributed by atoms with van der Waals surface area (Å²) in [5.41, 5.74) is 1.22. The van der Waals surface area contributed by atoms with Crippen molar-refractivity contribution in [2.24, 2.45) is 5.41 Å². The van der Waals surface area contributed by atoms with Crippen LogP contribution < -0.4 is 5.32 Å². The molecule has 3 heteroatoms. The molecule has 0 aliphatic carbocycles. The van der Waals surface area contributed by atoms with Gasteiger partial charge < -0.3 is 5.32 Å². The second kappa shape index (κ2) is 6.50. The number of rotatable bonds is 6. The second-order valence-corrected chi connectivity index (χ2v) is 5.63. The summed E-state index contributed by atoms with van der Waals surface area (Å²) in [5, 5.41) is 3.39. The molecule has 0 heterocycles. The van der Waals surface area contributed by atoms with Gasteiger partial charge in [0.15, 0.2) is 0 Å². The summed E-state index contributed by atoms with van der Waals surface area (Å²) >= 11 is 3.33. The van der Waals surface area contributed by atoms with E-state index in [2.05, 4.69) is 42.0 Å². The lowest BCUT2D eigenvalue weighted by Crippen LogP contribution is -2.33. The highest BCUT2D eigenvalue weighted by Crippen LogP contribution is 2.30. The quantitative estimate of drug-likeness (QED) is 0.832. The summed E-state index contributed by atoms with van der Waals surface area (Å²) in [6, 6.07) is 5.26. The largest absolute Gasteiger partial charge is 0.316 e. The molecule has 0 saturated carbocycles. The van der Waals surface area contributed by atoms with Crippen LogP contribution in [0.5, 0.6) is 0 Å². The Morgan fingerprint density at radius 1 is 1.35 bits per heavy atom. The van der Waals surface area contributed by atoms with Gasteiger partial charge in [0.2, 0.25) is 0 Å². The van der Waals surface area contributed by atoms with Gasteiger partial charge >= 0.3 is 0 Å². The third-order valence-corrected chi connectivity index (χ3v) is 4.19. The normalized spacial score (nSPS) is 14.6. The van der Waals surface area contributed by atoms with Gasteiger partial charge in [-0.05, 0) is 52.4 Å². The van der Waals surface area contributed by atoms with Gasteiger partial charge in [-0.25, -0.2) is 4.39 Å². The fourth-order valence-corrected chi connectivity index (χ4v) is 2.29. The minimum atomic E-state index is -0.176. The zero-order chi connectivity index (χ0) is 12.9. The maximum Gasteiger partial charge on any atom is 0.137 e. The van der Waals surface area contributed by atoms with Crippen LogP contribution in [-0.4, -0.2) is 13.1 Å². The molecule has 1 nitrogen and oxygen atoms in total. The first kappa shape index (κ1) is 14.7. The molecule has 0 aliphatic rings. The van der Waals surface area contributed by atoms with Gasteiger partial charge in [-0.15, -0.1) is 0 Å². The number of nitrogens with one attached hydrogen (secondary N) is 1. The van der Waals surface area contributed by atoms with Crippen LogP contribution in [0.1, 0.15) is 32.8 Å². The monoisotopic (exact) mass is 301 g/mol. The summed E-state index contributed by atoms with van der Waals surface area (Å²) in [6.45, 7) is 8.47. The molecule has 1 atom stereocenters. The molecular weight excluding hydrogens is 281 g/mol. The Labute approximate surface area is 112 Å². The van der Waals surface area contributed by atoms with Gasteiger partial charge in [0.25, 0.3) is 0 Å². The molecule has 0 bridgehead atoms.